The number of nitrogens with zero attached hydrogens (tertiary/aromatic N) is 2. The number of para-hydroxylation sites is 1. The molecule has 7 heteroatoms. The minimum absolute atomic E-state index is 0.00130. The van der Waals surface area contributed by atoms with Gasteiger partial charge in [-0.2, -0.15) is 0 Å². The summed E-state index contributed by atoms with van der Waals surface area (Å²) >= 11 is 0. The maximum absolute atomic E-state index is 13.4. The first-order chi connectivity index (χ1) is 15.2. The van der Waals surface area contributed by atoms with Gasteiger partial charge in [-0.3, -0.25) is 9.59 Å². The van der Waals surface area contributed by atoms with Crippen molar-refractivity contribution in [1.82, 2.24) is 10.3 Å². The van der Waals surface area contributed by atoms with E-state index in [0.717, 1.165) is 22.4 Å². The summed E-state index contributed by atoms with van der Waals surface area (Å²) in [6, 6.07) is 15.5. The molecule has 7 nitrogen and oxygen atoms in total. The molecule has 0 unspecified atom stereocenters. The molecule has 0 spiro atoms. The highest BCUT2D eigenvalue weighted by Gasteiger charge is 2.28. The zero-order valence-corrected chi connectivity index (χ0v) is 19.3. The monoisotopic (exact) mass is 435 g/mol. The lowest BCUT2D eigenvalue weighted by Crippen LogP contribution is -2.40. The molecule has 2 amide bonds. The second kappa shape index (κ2) is 9.87. The number of hydrogen-bond acceptors (Lipinski definition) is 5. The Bertz CT molecular complexity index is 1030. The third kappa shape index (κ3) is 4.78. The van der Waals surface area contributed by atoms with Gasteiger partial charge in [0.15, 0.2) is 0 Å². The van der Waals surface area contributed by atoms with Crippen molar-refractivity contribution in [3.8, 4) is 0 Å². The van der Waals surface area contributed by atoms with Crippen LogP contribution in [-0.4, -0.2) is 29.4 Å². The average Bonchev–Trinajstić information content (AvgIpc) is 2.76. The van der Waals surface area contributed by atoms with Crippen LogP contribution in [0.1, 0.15) is 50.8 Å². The second-order valence-electron chi connectivity index (χ2n) is 8.61. The van der Waals surface area contributed by atoms with Crippen LogP contribution in [0, 0.1) is 5.92 Å². The summed E-state index contributed by atoms with van der Waals surface area (Å²) in [6.45, 7) is 8.31. The summed E-state index contributed by atoms with van der Waals surface area (Å²) in [6.07, 6.45) is 0.194. The molecule has 5 N–H and O–H groups in total. The van der Waals surface area contributed by atoms with Crippen molar-refractivity contribution in [1.29, 1.82) is 0 Å². The van der Waals surface area contributed by atoms with Gasteiger partial charge < -0.3 is 21.0 Å². The molecule has 1 aliphatic rings. The Kier molecular flexibility index (Phi) is 7.20. The Morgan fingerprint density at radius 3 is 2.31 bits per heavy atom. The minimum atomic E-state index is -0.123. The average molecular weight is 436 g/mol. The highest BCUT2D eigenvalue weighted by molar-refractivity contribution is 6.01. The predicted octanol–water partition coefficient (Wildman–Crippen LogP) is 3.06. The molecule has 0 fully saturated rings. The van der Waals surface area contributed by atoms with Gasteiger partial charge in [-0.15, -0.1) is 0 Å². The van der Waals surface area contributed by atoms with E-state index in [1.807, 2.05) is 76.2 Å². The maximum atomic E-state index is 13.4. The van der Waals surface area contributed by atoms with Gasteiger partial charge in [0.05, 0.1) is 23.6 Å². The van der Waals surface area contributed by atoms with Crippen molar-refractivity contribution in [2.45, 2.75) is 46.7 Å². The number of amides is 2. The Morgan fingerprint density at radius 2 is 1.66 bits per heavy atom. The molecule has 2 aromatic rings. The molecule has 0 saturated heterocycles. The van der Waals surface area contributed by atoms with Gasteiger partial charge in [-0.05, 0) is 25.5 Å². The normalized spacial score (nSPS) is 15.7. The SMILES string of the molecule is CC(C)C(=O)NCCC(=O)N1Cc2ccccc2/C(N)=C(/N(N)C(C)C)c2ccccc21. The lowest BCUT2D eigenvalue weighted by molar-refractivity contribution is -0.124. The van der Waals surface area contributed by atoms with Gasteiger partial charge in [0.25, 0.3) is 0 Å². The van der Waals surface area contributed by atoms with E-state index in [1.54, 1.807) is 9.91 Å². The van der Waals surface area contributed by atoms with Crippen molar-refractivity contribution in [3.05, 3.63) is 65.2 Å². The predicted molar refractivity (Wildman–Crippen MR) is 129 cm³/mol. The molecule has 1 heterocycles. The molecule has 2 aromatic carbocycles. The molecule has 0 aliphatic carbocycles. The number of hydrogen-bond donors (Lipinski definition) is 3. The fraction of sp³-hybridized carbons (Fsp3) is 0.360. The smallest absolute Gasteiger partial charge is 0.229 e. The fourth-order valence-corrected chi connectivity index (χ4v) is 3.75. The molecule has 0 aromatic heterocycles. The highest BCUT2D eigenvalue weighted by atomic mass is 16.2. The standard InChI is InChI=1S/C25H33N5O2/c1-16(2)25(32)28-14-13-22(31)29-15-18-9-5-6-10-19(18)23(26)24(30(27)17(3)4)20-11-7-8-12-21(20)29/h5-12,16-17H,13-15,26-27H2,1-4H3,(H,28,32)/b24-23-. The van der Waals surface area contributed by atoms with Crippen LogP contribution in [0.3, 0.4) is 0 Å². The summed E-state index contributed by atoms with van der Waals surface area (Å²) in [7, 11) is 0. The summed E-state index contributed by atoms with van der Waals surface area (Å²) in [5, 5.41) is 4.48. The van der Waals surface area contributed by atoms with Crippen LogP contribution in [-0.2, 0) is 16.1 Å². The highest BCUT2D eigenvalue weighted by Crippen LogP contribution is 2.37. The summed E-state index contributed by atoms with van der Waals surface area (Å²) in [5.41, 5.74) is 11.3. The molecule has 0 saturated carbocycles. The summed E-state index contributed by atoms with van der Waals surface area (Å²) in [5.74, 6) is 6.21. The van der Waals surface area contributed by atoms with Crippen LogP contribution in [0.4, 0.5) is 5.69 Å². The molecular formula is C25H33N5O2. The van der Waals surface area contributed by atoms with E-state index in [9.17, 15) is 9.59 Å². The van der Waals surface area contributed by atoms with Crippen LogP contribution in [0.25, 0.3) is 11.4 Å². The lowest BCUT2D eigenvalue weighted by atomic mass is 9.95. The van der Waals surface area contributed by atoms with E-state index in [2.05, 4.69) is 5.32 Å². The number of carbonyl (C=O) groups is 2. The maximum Gasteiger partial charge on any atom is 0.229 e. The Balaban J connectivity index is 2.07. The minimum Gasteiger partial charge on any atom is -0.396 e. The van der Waals surface area contributed by atoms with Crippen molar-refractivity contribution in [2.75, 3.05) is 11.4 Å². The molecular weight excluding hydrogens is 402 g/mol. The Morgan fingerprint density at radius 1 is 1.03 bits per heavy atom. The molecule has 0 atom stereocenters. The van der Waals surface area contributed by atoms with Gasteiger partial charge in [0, 0.05) is 36.1 Å². The van der Waals surface area contributed by atoms with E-state index in [4.69, 9.17) is 11.6 Å². The zero-order valence-electron chi connectivity index (χ0n) is 19.3. The first-order valence-corrected chi connectivity index (χ1v) is 11.0. The zero-order chi connectivity index (χ0) is 23.4. The van der Waals surface area contributed by atoms with Crippen molar-refractivity contribution < 1.29 is 9.59 Å². The lowest BCUT2D eigenvalue weighted by Gasteiger charge is -2.34. The Labute approximate surface area is 190 Å². The van der Waals surface area contributed by atoms with E-state index >= 15 is 0 Å². The van der Waals surface area contributed by atoms with Crippen LogP contribution < -0.4 is 21.8 Å². The number of rotatable bonds is 6. The summed E-state index contributed by atoms with van der Waals surface area (Å²) < 4.78 is 0. The second-order valence-corrected chi connectivity index (χ2v) is 8.61. The number of nitrogens with one attached hydrogen (secondary N) is 1. The van der Waals surface area contributed by atoms with Crippen molar-refractivity contribution in [2.24, 2.45) is 17.5 Å². The number of carbonyl (C=O) groups excluding carboxylic acids is 2. The molecule has 3 rings (SSSR count). The van der Waals surface area contributed by atoms with Gasteiger partial charge in [0.1, 0.15) is 0 Å². The first-order valence-electron chi connectivity index (χ1n) is 11.0. The third-order valence-corrected chi connectivity index (χ3v) is 5.62. The van der Waals surface area contributed by atoms with E-state index < -0.39 is 0 Å². The quantitative estimate of drug-likeness (QED) is 0.478. The molecule has 0 bridgehead atoms. The van der Waals surface area contributed by atoms with Crippen LogP contribution in [0.5, 0.6) is 0 Å². The summed E-state index contributed by atoms with van der Waals surface area (Å²) in [4.78, 5) is 27.0. The number of anilines is 1. The van der Waals surface area contributed by atoms with E-state index in [0.29, 0.717) is 17.9 Å². The van der Waals surface area contributed by atoms with Gasteiger partial charge in [-0.1, -0.05) is 56.3 Å². The molecule has 1 aliphatic heterocycles. The van der Waals surface area contributed by atoms with Crippen LogP contribution in [0.2, 0.25) is 0 Å². The van der Waals surface area contributed by atoms with Gasteiger partial charge >= 0.3 is 0 Å². The molecule has 32 heavy (non-hydrogen) atoms. The van der Waals surface area contributed by atoms with E-state index in [-0.39, 0.29) is 36.7 Å². The van der Waals surface area contributed by atoms with Gasteiger partial charge in [0.2, 0.25) is 11.8 Å². The van der Waals surface area contributed by atoms with E-state index in [1.165, 1.54) is 0 Å². The largest absolute Gasteiger partial charge is 0.396 e. The van der Waals surface area contributed by atoms with Crippen LogP contribution in [0.15, 0.2) is 48.5 Å². The van der Waals surface area contributed by atoms with Crippen molar-refractivity contribution >= 4 is 28.9 Å². The number of nitrogens with two attached hydrogens (primary N) is 2. The molecule has 170 valence electrons. The number of benzene rings is 2. The molecule has 0 radical (unpaired) electrons. The number of fused-ring (bicyclic) bond motifs is 2. The van der Waals surface area contributed by atoms with Crippen LogP contribution >= 0.6 is 0 Å². The fourth-order valence-electron chi connectivity index (χ4n) is 3.75. The third-order valence-electron chi connectivity index (χ3n) is 5.62. The van der Waals surface area contributed by atoms with Gasteiger partial charge in [-0.25, -0.2) is 5.84 Å². The van der Waals surface area contributed by atoms with Crippen molar-refractivity contribution in [3.63, 3.8) is 0 Å². The number of hydrazine groups is 1. The first kappa shape index (κ1) is 23.3. The topological polar surface area (TPSA) is 105 Å². The Hall–Kier alpha value is -3.32.